The minimum absolute atomic E-state index is 0.302. The van der Waals surface area contributed by atoms with E-state index in [1.165, 1.54) is 6.07 Å². The molecule has 0 atom stereocenters. The highest BCUT2D eigenvalue weighted by Crippen LogP contribution is 2.27. The smallest absolute Gasteiger partial charge is 0.148 e. The second-order valence-electron chi connectivity index (χ2n) is 6.74. The normalized spacial score (nSPS) is 11.8. The van der Waals surface area contributed by atoms with E-state index in [-0.39, 0.29) is 5.82 Å². The van der Waals surface area contributed by atoms with Gasteiger partial charge >= 0.3 is 0 Å². The first-order chi connectivity index (χ1) is 13.5. The highest BCUT2D eigenvalue weighted by molar-refractivity contribution is 5.82. The van der Waals surface area contributed by atoms with Crippen LogP contribution < -0.4 is 10.1 Å². The Kier molecular flexibility index (Phi) is 4.70. The average Bonchev–Trinajstić information content (AvgIpc) is 2.69. The van der Waals surface area contributed by atoms with E-state index in [4.69, 9.17) is 9.15 Å². The van der Waals surface area contributed by atoms with Crippen LogP contribution in [0.2, 0.25) is 0 Å². The summed E-state index contributed by atoms with van der Waals surface area (Å²) in [6.45, 7) is 4.04. The molecule has 0 aliphatic heterocycles. The Balaban J connectivity index is 2.02. The number of halogens is 1. The van der Waals surface area contributed by atoms with Crippen LogP contribution in [0.3, 0.4) is 0 Å². The molecule has 28 heavy (non-hydrogen) atoms. The molecular weight excluding hydrogens is 353 g/mol. The largest absolute Gasteiger partial charge is 0.497 e. The lowest BCUT2D eigenvalue weighted by Gasteiger charge is -2.09. The summed E-state index contributed by atoms with van der Waals surface area (Å²) >= 11 is 0. The molecule has 0 saturated heterocycles. The Morgan fingerprint density at radius 2 is 1.68 bits per heavy atom. The summed E-state index contributed by atoms with van der Waals surface area (Å²) in [6, 6.07) is 20.0. The van der Waals surface area contributed by atoms with Gasteiger partial charge in [0.1, 0.15) is 22.9 Å². The van der Waals surface area contributed by atoms with Crippen molar-refractivity contribution >= 4 is 16.7 Å². The van der Waals surface area contributed by atoms with Gasteiger partial charge in [-0.2, -0.15) is 0 Å². The Morgan fingerprint density at radius 1 is 0.929 bits per heavy atom. The monoisotopic (exact) mass is 373 g/mol. The van der Waals surface area contributed by atoms with Crippen LogP contribution in [-0.2, 0) is 0 Å². The zero-order chi connectivity index (χ0) is 19.7. The van der Waals surface area contributed by atoms with Crippen molar-refractivity contribution in [1.82, 2.24) is 0 Å². The Labute approximate surface area is 162 Å². The van der Waals surface area contributed by atoms with Crippen LogP contribution in [0, 0.1) is 19.7 Å². The van der Waals surface area contributed by atoms with E-state index in [2.05, 4.69) is 11.1 Å². The number of para-hydroxylation sites is 1. The second-order valence-corrected chi connectivity index (χ2v) is 6.74. The molecule has 0 radical (unpaired) electrons. The fourth-order valence-electron chi connectivity index (χ4n) is 3.34. The molecular formula is C24H20FNO2. The molecule has 140 valence electrons. The van der Waals surface area contributed by atoms with Gasteiger partial charge in [-0.3, -0.25) is 0 Å². The van der Waals surface area contributed by atoms with Crippen LogP contribution in [0.1, 0.15) is 11.1 Å². The maximum atomic E-state index is 14.2. The van der Waals surface area contributed by atoms with Gasteiger partial charge in [0, 0.05) is 17.0 Å². The number of fused-ring (bicyclic) bond motifs is 1. The minimum atomic E-state index is -0.354. The van der Waals surface area contributed by atoms with Crippen molar-refractivity contribution in [2.75, 3.05) is 7.11 Å². The Morgan fingerprint density at radius 3 is 2.39 bits per heavy atom. The maximum Gasteiger partial charge on any atom is 0.148 e. The van der Waals surface area contributed by atoms with Crippen molar-refractivity contribution < 1.29 is 13.5 Å². The average molecular weight is 373 g/mol. The molecule has 0 aliphatic rings. The van der Waals surface area contributed by atoms with Crippen molar-refractivity contribution in [3.63, 3.8) is 0 Å². The first kappa shape index (κ1) is 18.0. The van der Waals surface area contributed by atoms with Gasteiger partial charge in [0.05, 0.1) is 18.2 Å². The van der Waals surface area contributed by atoms with Gasteiger partial charge in [0.15, 0.2) is 0 Å². The van der Waals surface area contributed by atoms with Gasteiger partial charge in [-0.05, 0) is 67.4 Å². The Bertz CT molecular complexity index is 1220. The summed E-state index contributed by atoms with van der Waals surface area (Å²) in [7, 11) is 1.63. The highest BCUT2D eigenvalue weighted by atomic mass is 19.1. The van der Waals surface area contributed by atoms with Crippen molar-refractivity contribution in [3.8, 4) is 17.1 Å². The molecule has 0 aliphatic carbocycles. The Hall–Kier alpha value is -3.40. The first-order valence-corrected chi connectivity index (χ1v) is 9.04. The highest BCUT2D eigenvalue weighted by Gasteiger charge is 2.10. The van der Waals surface area contributed by atoms with E-state index in [9.17, 15) is 4.39 Å². The molecule has 1 heterocycles. The number of ether oxygens (including phenoxy) is 1. The molecule has 3 nitrogen and oxygen atoms in total. The van der Waals surface area contributed by atoms with Crippen LogP contribution >= 0.6 is 0 Å². The summed E-state index contributed by atoms with van der Waals surface area (Å²) in [5.41, 5.74) is 4.05. The molecule has 0 amide bonds. The second kappa shape index (κ2) is 7.31. The van der Waals surface area contributed by atoms with Crippen LogP contribution in [0.25, 0.3) is 22.3 Å². The van der Waals surface area contributed by atoms with Crippen molar-refractivity contribution in [3.05, 3.63) is 89.0 Å². The van der Waals surface area contributed by atoms with E-state index in [1.807, 2.05) is 50.2 Å². The topological polar surface area (TPSA) is 34.7 Å². The number of rotatable bonds is 3. The lowest BCUT2D eigenvalue weighted by atomic mass is 10.0. The van der Waals surface area contributed by atoms with Gasteiger partial charge in [-0.15, -0.1) is 0 Å². The number of methoxy groups -OCH3 is 1. The van der Waals surface area contributed by atoms with Crippen LogP contribution in [-0.4, -0.2) is 7.11 Å². The van der Waals surface area contributed by atoms with Crippen molar-refractivity contribution in [1.29, 1.82) is 0 Å². The van der Waals surface area contributed by atoms with E-state index in [1.54, 1.807) is 25.3 Å². The minimum Gasteiger partial charge on any atom is -0.497 e. The fraction of sp³-hybridized carbons (Fsp3) is 0.125. The number of aryl methyl sites for hydroxylation is 2. The quantitative estimate of drug-likeness (QED) is 0.435. The lowest BCUT2D eigenvalue weighted by molar-refractivity contribution is 0.415. The SMILES string of the molecule is COc1ccc(-c2cc(=Nc3ccccc3F)c3c(C)cc(C)cc3o2)cc1. The van der Waals surface area contributed by atoms with E-state index < -0.39 is 0 Å². The fourth-order valence-corrected chi connectivity index (χ4v) is 3.34. The van der Waals surface area contributed by atoms with Gasteiger partial charge in [-0.1, -0.05) is 18.2 Å². The van der Waals surface area contributed by atoms with Crippen LogP contribution in [0.4, 0.5) is 10.1 Å². The zero-order valence-electron chi connectivity index (χ0n) is 16.0. The lowest BCUT2D eigenvalue weighted by Crippen LogP contribution is -2.05. The van der Waals surface area contributed by atoms with E-state index >= 15 is 0 Å². The van der Waals surface area contributed by atoms with E-state index in [0.717, 1.165) is 33.4 Å². The number of hydrogen-bond donors (Lipinski definition) is 0. The predicted octanol–water partition coefficient (Wildman–Crippen LogP) is 6.10. The summed E-state index contributed by atoms with van der Waals surface area (Å²) in [5.74, 6) is 1.08. The number of hydrogen-bond acceptors (Lipinski definition) is 3. The van der Waals surface area contributed by atoms with Gasteiger partial charge in [-0.25, -0.2) is 9.38 Å². The van der Waals surface area contributed by atoms with E-state index in [0.29, 0.717) is 16.8 Å². The molecule has 0 spiro atoms. The van der Waals surface area contributed by atoms with Crippen molar-refractivity contribution in [2.45, 2.75) is 13.8 Å². The first-order valence-electron chi connectivity index (χ1n) is 9.04. The summed E-state index contributed by atoms with van der Waals surface area (Å²) in [5, 5.41) is 1.56. The molecule has 0 unspecified atom stereocenters. The van der Waals surface area contributed by atoms with Gasteiger partial charge in [0.25, 0.3) is 0 Å². The van der Waals surface area contributed by atoms with Gasteiger partial charge < -0.3 is 9.15 Å². The third-order valence-corrected chi connectivity index (χ3v) is 4.66. The molecule has 1 aromatic heterocycles. The van der Waals surface area contributed by atoms with Gasteiger partial charge in [0.2, 0.25) is 0 Å². The zero-order valence-corrected chi connectivity index (χ0v) is 16.0. The molecule has 0 fully saturated rings. The molecule has 0 saturated carbocycles. The molecule has 4 aromatic rings. The maximum absolute atomic E-state index is 14.2. The summed E-state index contributed by atoms with van der Waals surface area (Å²) in [6.07, 6.45) is 0. The number of benzene rings is 3. The third-order valence-electron chi connectivity index (χ3n) is 4.66. The third kappa shape index (κ3) is 3.41. The molecule has 4 heteroatoms. The number of nitrogens with zero attached hydrogens (tertiary/aromatic N) is 1. The molecule has 0 bridgehead atoms. The molecule has 4 rings (SSSR count). The molecule has 0 N–H and O–H groups in total. The standard InChI is InChI=1S/C24H20FNO2/c1-15-12-16(2)24-21(26-20-7-5-4-6-19(20)25)14-22(28-23(24)13-15)17-8-10-18(27-3)11-9-17/h4-14H,1-3H3. The van der Waals surface area contributed by atoms with Crippen LogP contribution in [0.15, 0.2) is 76.1 Å². The molecule has 3 aromatic carbocycles. The summed E-state index contributed by atoms with van der Waals surface area (Å²) in [4.78, 5) is 4.62. The summed E-state index contributed by atoms with van der Waals surface area (Å²) < 4.78 is 25.6. The van der Waals surface area contributed by atoms with Crippen LogP contribution in [0.5, 0.6) is 5.75 Å². The predicted molar refractivity (Wildman–Crippen MR) is 109 cm³/mol. The van der Waals surface area contributed by atoms with Crippen molar-refractivity contribution in [2.24, 2.45) is 4.99 Å².